The van der Waals surface area contributed by atoms with E-state index in [2.05, 4.69) is 23.3 Å². The molecule has 4 heteroatoms. The lowest BCUT2D eigenvalue weighted by Gasteiger charge is -2.15. The Kier molecular flexibility index (Phi) is 4.07. The third-order valence-corrected chi connectivity index (χ3v) is 3.35. The SMILES string of the molecule is CCNC(c1cccnc1)c1ccn(-c2ccccc2)n1. The molecule has 0 aliphatic rings. The van der Waals surface area contributed by atoms with Crippen LogP contribution in [-0.2, 0) is 0 Å². The van der Waals surface area contributed by atoms with Gasteiger partial charge in [-0.05, 0) is 36.4 Å². The molecule has 0 saturated heterocycles. The van der Waals surface area contributed by atoms with Crippen molar-refractivity contribution in [2.75, 3.05) is 6.54 Å². The summed E-state index contributed by atoms with van der Waals surface area (Å²) in [5, 5.41) is 8.17. The summed E-state index contributed by atoms with van der Waals surface area (Å²) in [7, 11) is 0. The van der Waals surface area contributed by atoms with Crippen molar-refractivity contribution in [3.05, 3.63) is 78.4 Å². The van der Waals surface area contributed by atoms with Gasteiger partial charge in [0.05, 0.1) is 17.4 Å². The van der Waals surface area contributed by atoms with Crippen molar-refractivity contribution in [3.8, 4) is 5.69 Å². The zero-order chi connectivity index (χ0) is 14.5. The van der Waals surface area contributed by atoms with Crippen LogP contribution >= 0.6 is 0 Å². The van der Waals surface area contributed by atoms with Gasteiger partial charge in [-0.25, -0.2) is 4.68 Å². The quantitative estimate of drug-likeness (QED) is 0.780. The van der Waals surface area contributed by atoms with Crippen LogP contribution in [0.25, 0.3) is 5.69 Å². The van der Waals surface area contributed by atoms with Crippen LogP contribution in [0.15, 0.2) is 67.1 Å². The number of rotatable bonds is 5. The van der Waals surface area contributed by atoms with Crippen molar-refractivity contribution in [3.63, 3.8) is 0 Å². The molecule has 2 heterocycles. The largest absolute Gasteiger partial charge is 0.305 e. The number of hydrogen-bond acceptors (Lipinski definition) is 3. The standard InChI is InChI=1S/C17H18N4/c1-2-19-17(14-7-6-11-18-13-14)16-10-12-21(20-16)15-8-4-3-5-9-15/h3-13,17,19H,2H2,1H3. The zero-order valence-electron chi connectivity index (χ0n) is 12.0. The molecule has 0 spiro atoms. The van der Waals surface area contributed by atoms with E-state index in [9.17, 15) is 0 Å². The van der Waals surface area contributed by atoms with Gasteiger partial charge in [0.2, 0.25) is 0 Å². The number of pyridine rings is 1. The molecule has 1 aromatic carbocycles. The molecule has 21 heavy (non-hydrogen) atoms. The van der Waals surface area contributed by atoms with Crippen LogP contribution < -0.4 is 5.32 Å². The smallest absolute Gasteiger partial charge is 0.0844 e. The van der Waals surface area contributed by atoms with Gasteiger partial charge in [-0.15, -0.1) is 0 Å². The normalized spacial score (nSPS) is 12.2. The lowest BCUT2D eigenvalue weighted by Crippen LogP contribution is -2.22. The first-order valence-electron chi connectivity index (χ1n) is 7.13. The van der Waals surface area contributed by atoms with Crippen molar-refractivity contribution in [1.82, 2.24) is 20.1 Å². The molecule has 0 aliphatic heterocycles. The number of nitrogens with zero attached hydrogens (tertiary/aromatic N) is 3. The van der Waals surface area contributed by atoms with Gasteiger partial charge in [0.15, 0.2) is 0 Å². The van der Waals surface area contributed by atoms with Crippen molar-refractivity contribution in [2.24, 2.45) is 0 Å². The molecular weight excluding hydrogens is 260 g/mol. The van der Waals surface area contributed by atoms with Crippen molar-refractivity contribution < 1.29 is 0 Å². The predicted octanol–water partition coefficient (Wildman–Crippen LogP) is 2.97. The molecule has 1 unspecified atom stereocenters. The Balaban J connectivity index is 1.93. The van der Waals surface area contributed by atoms with Gasteiger partial charge in [0, 0.05) is 18.6 Å². The summed E-state index contributed by atoms with van der Waals surface area (Å²) in [6.07, 6.45) is 5.66. The summed E-state index contributed by atoms with van der Waals surface area (Å²) in [6.45, 7) is 2.97. The van der Waals surface area contributed by atoms with E-state index in [1.807, 2.05) is 59.5 Å². The molecule has 0 amide bonds. The molecule has 0 bridgehead atoms. The Bertz CT molecular complexity index is 676. The Morgan fingerprint density at radius 3 is 2.67 bits per heavy atom. The monoisotopic (exact) mass is 278 g/mol. The molecule has 0 aliphatic carbocycles. The lowest BCUT2D eigenvalue weighted by molar-refractivity contribution is 0.606. The van der Waals surface area contributed by atoms with Crippen molar-refractivity contribution in [2.45, 2.75) is 13.0 Å². The number of benzene rings is 1. The topological polar surface area (TPSA) is 42.7 Å². The van der Waals surface area contributed by atoms with E-state index >= 15 is 0 Å². The first-order valence-corrected chi connectivity index (χ1v) is 7.13. The van der Waals surface area contributed by atoms with Crippen LogP contribution in [0.5, 0.6) is 0 Å². The molecule has 4 nitrogen and oxygen atoms in total. The minimum Gasteiger partial charge on any atom is -0.305 e. The molecule has 3 rings (SSSR count). The predicted molar refractivity (Wildman–Crippen MR) is 83.3 cm³/mol. The summed E-state index contributed by atoms with van der Waals surface area (Å²) < 4.78 is 1.90. The van der Waals surface area contributed by atoms with Crippen molar-refractivity contribution in [1.29, 1.82) is 0 Å². The first kappa shape index (κ1) is 13.5. The molecule has 3 aromatic rings. The number of para-hydroxylation sites is 1. The van der Waals surface area contributed by atoms with Crippen LogP contribution in [0.3, 0.4) is 0 Å². The minimum absolute atomic E-state index is 0.0636. The summed E-state index contributed by atoms with van der Waals surface area (Å²) in [5.74, 6) is 0. The first-order chi connectivity index (χ1) is 10.4. The third kappa shape index (κ3) is 3.01. The van der Waals surface area contributed by atoms with E-state index in [1.54, 1.807) is 6.20 Å². The van der Waals surface area contributed by atoms with Gasteiger partial charge < -0.3 is 5.32 Å². The Labute approximate surface area is 124 Å². The molecule has 0 fully saturated rings. The van der Waals surface area contributed by atoms with Crippen molar-refractivity contribution >= 4 is 0 Å². The van der Waals surface area contributed by atoms with E-state index in [1.165, 1.54) is 0 Å². The number of nitrogens with one attached hydrogen (secondary N) is 1. The number of hydrogen-bond donors (Lipinski definition) is 1. The second-order valence-electron chi connectivity index (χ2n) is 4.80. The van der Waals surface area contributed by atoms with E-state index in [4.69, 9.17) is 5.10 Å². The van der Waals surface area contributed by atoms with Crippen LogP contribution in [0.4, 0.5) is 0 Å². The van der Waals surface area contributed by atoms with Gasteiger partial charge in [-0.3, -0.25) is 4.98 Å². The average molecular weight is 278 g/mol. The Morgan fingerprint density at radius 2 is 1.95 bits per heavy atom. The molecule has 1 atom stereocenters. The van der Waals surface area contributed by atoms with Gasteiger partial charge in [-0.1, -0.05) is 31.2 Å². The summed E-state index contributed by atoms with van der Waals surface area (Å²) in [6, 6.07) is 16.3. The fourth-order valence-corrected chi connectivity index (χ4v) is 2.36. The van der Waals surface area contributed by atoms with E-state index < -0.39 is 0 Å². The highest BCUT2D eigenvalue weighted by atomic mass is 15.3. The maximum Gasteiger partial charge on any atom is 0.0844 e. The average Bonchev–Trinajstić information content (AvgIpc) is 3.04. The molecule has 1 N–H and O–H groups in total. The van der Waals surface area contributed by atoms with Gasteiger partial charge in [0.1, 0.15) is 0 Å². The second kappa shape index (κ2) is 6.33. The molecule has 0 saturated carbocycles. The maximum atomic E-state index is 4.70. The summed E-state index contributed by atoms with van der Waals surface area (Å²) in [4.78, 5) is 4.20. The lowest BCUT2D eigenvalue weighted by atomic mass is 10.1. The number of aromatic nitrogens is 3. The van der Waals surface area contributed by atoms with E-state index in [0.717, 1.165) is 23.5 Å². The summed E-state index contributed by atoms with van der Waals surface area (Å²) >= 11 is 0. The Morgan fingerprint density at radius 1 is 1.10 bits per heavy atom. The molecule has 0 radical (unpaired) electrons. The van der Waals surface area contributed by atoms with Gasteiger partial charge in [-0.2, -0.15) is 5.10 Å². The highest BCUT2D eigenvalue weighted by Gasteiger charge is 2.16. The van der Waals surface area contributed by atoms with Crippen LogP contribution in [0, 0.1) is 0 Å². The van der Waals surface area contributed by atoms with E-state index in [0.29, 0.717) is 0 Å². The third-order valence-electron chi connectivity index (χ3n) is 3.35. The van der Waals surface area contributed by atoms with E-state index in [-0.39, 0.29) is 6.04 Å². The van der Waals surface area contributed by atoms with Crippen LogP contribution in [-0.4, -0.2) is 21.3 Å². The van der Waals surface area contributed by atoms with Gasteiger partial charge >= 0.3 is 0 Å². The highest BCUT2D eigenvalue weighted by molar-refractivity contribution is 5.32. The fraction of sp³-hybridized carbons (Fsp3) is 0.176. The van der Waals surface area contributed by atoms with Gasteiger partial charge in [0.25, 0.3) is 0 Å². The van der Waals surface area contributed by atoms with Crippen LogP contribution in [0.1, 0.15) is 24.2 Å². The van der Waals surface area contributed by atoms with Crippen LogP contribution in [0.2, 0.25) is 0 Å². The molecular formula is C17H18N4. The molecule has 2 aromatic heterocycles. The molecule has 106 valence electrons. The maximum absolute atomic E-state index is 4.70. The summed E-state index contributed by atoms with van der Waals surface area (Å²) in [5.41, 5.74) is 3.18. The fourth-order valence-electron chi connectivity index (χ4n) is 2.36. The highest BCUT2D eigenvalue weighted by Crippen LogP contribution is 2.20. The Hall–Kier alpha value is -2.46. The second-order valence-corrected chi connectivity index (χ2v) is 4.80. The minimum atomic E-state index is 0.0636. The zero-order valence-corrected chi connectivity index (χ0v) is 12.0.